The maximum absolute atomic E-state index is 12.5. The van der Waals surface area contributed by atoms with Gasteiger partial charge in [-0.2, -0.15) is 0 Å². The molecule has 114 valence electrons. The van der Waals surface area contributed by atoms with E-state index in [9.17, 15) is 4.21 Å². The molecule has 0 aliphatic heterocycles. The van der Waals surface area contributed by atoms with Gasteiger partial charge < -0.3 is 5.73 Å². The van der Waals surface area contributed by atoms with Crippen LogP contribution >= 0.6 is 11.3 Å². The van der Waals surface area contributed by atoms with Gasteiger partial charge >= 0.3 is 0 Å². The standard InChI is InChI=1S/C15H21N3OS2/c1-5-10(2)18(4)21(19)13-8-6-12(7-9-13)14-11(3)20-15(16)17-14/h6-10H,5H2,1-4H3,(H2,16,17). The minimum absolute atomic E-state index is 0.283. The van der Waals surface area contributed by atoms with Crippen LogP contribution in [-0.4, -0.2) is 26.6 Å². The summed E-state index contributed by atoms with van der Waals surface area (Å²) < 4.78 is 14.4. The molecule has 0 bridgehead atoms. The van der Waals surface area contributed by atoms with Gasteiger partial charge in [0.05, 0.1) is 10.6 Å². The van der Waals surface area contributed by atoms with Crippen molar-refractivity contribution in [2.24, 2.45) is 0 Å². The molecule has 2 N–H and O–H groups in total. The van der Waals surface area contributed by atoms with Crippen molar-refractivity contribution in [1.82, 2.24) is 9.29 Å². The molecule has 0 spiro atoms. The summed E-state index contributed by atoms with van der Waals surface area (Å²) in [6, 6.07) is 8.00. The summed E-state index contributed by atoms with van der Waals surface area (Å²) in [6.07, 6.45) is 0.970. The topological polar surface area (TPSA) is 59.2 Å². The van der Waals surface area contributed by atoms with Crippen LogP contribution in [0, 0.1) is 6.92 Å². The number of hydrogen-bond acceptors (Lipinski definition) is 4. The average molecular weight is 323 g/mol. The summed E-state index contributed by atoms with van der Waals surface area (Å²) in [5.41, 5.74) is 7.65. The van der Waals surface area contributed by atoms with Crippen LogP contribution < -0.4 is 5.73 Å². The van der Waals surface area contributed by atoms with Crippen LogP contribution in [0.15, 0.2) is 29.2 Å². The normalized spacial score (nSPS) is 14.3. The van der Waals surface area contributed by atoms with E-state index in [1.807, 2.05) is 42.5 Å². The van der Waals surface area contributed by atoms with Crippen molar-refractivity contribution < 1.29 is 4.21 Å². The highest BCUT2D eigenvalue weighted by Gasteiger charge is 2.16. The van der Waals surface area contributed by atoms with Gasteiger partial charge in [-0.05, 0) is 32.4 Å². The molecular weight excluding hydrogens is 302 g/mol. The van der Waals surface area contributed by atoms with Crippen LogP contribution in [0.25, 0.3) is 11.3 Å². The van der Waals surface area contributed by atoms with Crippen molar-refractivity contribution in [2.45, 2.75) is 38.1 Å². The van der Waals surface area contributed by atoms with E-state index in [1.54, 1.807) is 0 Å². The average Bonchev–Trinajstić information content (AvgIpc) is 2.83. The first-order valence-corrected chi connectivity index (χ1v) is 8.84. The van der Waals surface area contributed by atoms with E-state index in [1.165, 1.54) is 11.3 Å². The van der Waals surface area contributed by atoms with Crippen molar-refractivity contribution in [3.8, 4) is 11.3 Å². The number of aryl methyl sites for hydroxylation is 1. The number of hydrogen-bond donors (Lipinski definition) is 1. The Labute approximate surface area is 132 Å². The van der Waals surface area contributed by atoms with Gasteiger partial charge in [-0.3, -0.25) is 0 Å². The minimum atomic E-state index is -1.13. The Kier molecular flexibility index (Phi) is 5.13. The Balaban J connectivity index is 2.23. The van der Waals surface area contributed by atoms with Crippen LogP contribution in [0.3, 0.4) is 0 Å². The molecule has 21 heavy (non-hydrogen) atoms. The lowest BCUT2D eigenvalue weighted by molar-refractivity contribution is 0.406. The minimum Gasteiger partial charge on any atom is -0.375 e. The fourth-order valence-electron chi connectivity index (χ4n) is 2.00. The van der Waals surface area contributed by atoms with Crippen molar-refractivity contribution in [1.29, 1.82) is 0 Å². The van der Waals surface area contributed by atoms with Gasteiger partial charge in [0, 0.05) is 23.5 Å². The van der Waals surface area contributed by atoms with Gasteiger partial charge in [0.1, 0.15) is 11.0 Å². The quantitative estimate of drug-likeness (QED) is 0.917. The Morgan fingerprint density at radius 2 is 2.00 bits per heavy atom. The third kappa shape index (κ3) is 3.51. The maximum Gasteiger partial charge on any atom is 0.180 e. The SMILES string of the molecule is CCC(C)N(C)S(=O)c1ccc(-c2nc(N)sc2C)cc1. The summed E-state index contributed by atoms with van der Waals surface area (Å²) in [6.45, 7) is 6.18. The third-order valence-electron chi connectivity index (χ3n) is 3.62. The molecule has 0 radical (unpaired) electrons. The lowest BCUT2D eigenvalue weighted by Crippen LogP contribution is -2.30. The summed E-state index contributed by atoms with van der Waals surface area (Å²) in [4.78, 5) is 6.24. The highest BCUT2D eigenvalue weighted by atomic mass is 32.2. The maximum atomic E-state index is 12.5. The molecule has 1 aromatic carbocycles. The molecule has 6 heteroatoms. The van der Waals surface area contributed by atoms with Gasteiger partial charge in [0.25, 0.3) is 0 Å². The van der Waals surface area contributed by atoms with Gasteiger partial charge in [-0.1, -0.05) is 19.1 Å². The predicted molar refractivity (Wildman–Crippen MR) is 90.6 cm³/mol. The zero-order valence-corrected chi connectivity index (χ0v) is 14.4. The summed E-state index contributed by atoms with van der Waals surface area (Å²) in [7, 11) is 0.760. The van der Waals surface area contributed by atoms with Crippen molar-refractivity contribution in [3.63, 3.8) is 0 Å². The molecule has 2 aromatic rings. The van der Waals surface area contributed by atoms with Gasteiger partial charge in [0.15, 0.2) is 5.13 Å². The first kappa shape index (κ1) is 16.1. The van der Waals surface area contributed by atoms with Crippen LogP contribution in [0.5, 0.6) is 0 Å². The Morgan fingerprint density at radius 1 is 1.38 bits per heavy atom. The van der Waals surface area contributed by atoms with Crippen LogP contribution in [0.1, 0.15) is 25.1 Å². The predicted octanol–water partition coefficient (Wildman–Crippen LogP) is 3.45. The van der Waals surface area contributed by atoms with Crippen molar-refractivity contribution in [3.05, 3.63) is 29.1 Å². The summed E-state index contributed by atoms with van der Waals surface area (Å²) in [5, 5.41) is 0.576. The Bertz CT molecular complexity index is 637. The van der Waals surface area contributed by atoms with Crippen molar-refractivity contribution >= 4 is 27.5 Å². The second-order valence-corrected chi connectivity index (χ2v) is 7.81. The van der Waals surface area contributed by atoms with E-state index in [2.05, 4.69) is 18.8 Å². The fraction of sp³-hybridized carbons (Fsp3) is 0.400. The Hall–Kier alpha value is -1.24. The molecule has 0 fully saturated rings. The van der Waals surface area contributed by atoms with E-state index in [4.69, 9.17) is 5.73 Å². The lowest BCUT2D eigenvalue weighted by atomic mass is 10.1. The zero-order valence-electron chi connectivity index (χ0n) is 12.8. The van der Waals surface area contributed by atoms with Crippen LogP contribution in [0.4, 0.5) is 5.13 Å². The number of anilines is 1. The van der Waals surface area contributed by atoms with Crippen molar-refractivity contribution in [2.75, 3.05) is 12.8 Å². The first-order valence-electron chi connectivity index (χ1n) is 6.92. The molecule has 0 aliphatic carbocycles. The molecule has 0 amide bonds. The van der Waals surface area contributed by atoms with Crippen LogP contribution in [-0.2, 0) is 11.0 Å². The second-order valence-electron chi connectivity index (χ2n) is 5.03. The summed E-state index contributed by atoms with van der Waals surface area (Å²) >= 11 is 1.48. The monoisotopic (exact) mass is 323 g/mol. The number of nitrogens with two attached hydrogens (primary N) is 1. The van der Waals surface area contributed by atoms with E-state index >= 15 is 0 Å². The molecule has 0 saturated carbocycles. The van der Waals surface area contributed by atoms with Gasteiger partial charge in [-0.15, -0.1) is 11.3 Å². The molecule has 0 aliphatic rings. The molecule has 1 aromatic heterocycles. The number of nitrogens with zero attached hydrogens (tertiary/aromatic N) is 2. The molecule has 2 atom stereocenters. The van der Waals surface area contributed by atoms with Gasteiger partial charge in [0.2, 0.25) is 0 Å². The number of aromatic nitrogens is 1. The van der Waals surface area contributed by atoms with E-state index in [0.717, 1.165) is 27.5 Å². The number of thiazole rings is 1. The molecule has 4 nitrogen and oxygen atoms in total. The molecule has 2 unspecified atom stereocenters. The third-order valence-corrected chi connectivity index (χ3v) is 5.97. The van der Waals surface area contributed by atoms with Crippen LogP contribution in [0.2, 0.25) is 0 Å². The van der Waals surface area contributed by atoms with Gasteiger partial charge in [-0.25, -0.2) is 13.5 Å². The highest BCUT2D eigenvalue weighted by molar-refractivity contribution is 7.82. The number of rotatable bonds is 5. The largest absolute Gasteiger partial charge is 0.375 e. The van der Waals surface area contributed by atoms with E-state index in [0.29, 0.717) is 5.13 Å². The Morgan fingerprint density at radius 3 is 2.48 bits per heavy atom. The molecule has 0 saturated heterocycles. The smallest absolute Gasteiger partial charge is 0.180 e. The molecule has 1 heterocycles. The first-order chi connectivity index (χ1) is 9.93. The number of benzene rings is 1. The fourth-order valence-corrected chi connectivity index (χ4v) is 3.89. The lowest BCUT2D eigenvalue weighted by Gasteiger charge is -2.22. The highest BCUT2D eigenvalue weighted by Crippen LogP contribution is 2.29. The second kappa shape index (κ2) is 6.68. The molecule has 2 rings (SSSR count). The zero-order chi connectivity index (χ0) is 15.6. The van der Waals surface area contributed by atoms with E-state index < -0.39 is 11.0 Å². The van der Waals surface area contributed by atoms with E-state index in [-0.39, 0.29) is 6.04 Å². The summed E-state index contributed by atoms with van der Waals surface area (Å²) in [5.74, 6) is 0. The number of nitrogen functional groups attached to an aromatic ring is 1. The molecular formula is C15H21N3OS2.